The van der Waals surface area contributed by atoms with E-state index >= 15 is 0 Å². The maximum Gasteiger partial charge on any atom is 0.127 e. The van der Waals surface area contributed by atoms with Crippen molar-refractivity contribution in [1.82, 2.24) is 4.98 Å². The van der Waals surface area contributed by atoms with Gasteiger partial charge in [0.05, 0.1) is 23.8 Å². The van der Waals surface area contributed by atoms with E-state index in [1.54, 1.807) is 18.3 Å². The number of nitrogens with zero attached hydrogens (tertiary/aromatic N) is 2. The van der Waals surface area contributed by atoms with Crippen molar-refractivity contribution in [3.8, 4) is 6.07 Å². The molecule has 90 valence electrons. The number of aliphatic hydroxyl groups is 1. The number of nitriles is 1. The summed E-state index contributed by atoms with van der Waals surface area (Å²) in [5.74, 6) is 0.676. The topological polar surface area (TPSA) is 68.9 Å². The molecule has 0 saturated heterocycles. The van der Waals surface area contributed by atoms with E-state index in [1.807, 2.05) is 0 Å². The molecule has 2 unspecified atom stereocenters. The number of hydrogen-bond donors (Lipinski definition) is 2. The van der Waals surface area contributed by atoms with Gasteiger partial charge >= 0.3 is 0 Å². The highest BCUT2D eigenvalue weighted by molar-refractivity contribution is 5.43. The molecular weight excluding hydrogens is 214 g/mol. The summed E-state index contributed by atoms with van der Waals surface area (Å²) >= 11 is 0. The number of hydrogen-bond acceptors (Lipinski definition) is 4. The van der Waals surface area contributed by atoms with Crippen LogP contribution in [0.2, 0.25) is 0 Å². The zero-order valence-electron chi connectivity index (χ0n) is 9.76. The Kier molecular flexibility index (Phi) is 3.94. The minimum absolute atomic E-state index is 0.0546. The van der Waals surface area contributed by atoms with E-state index in [1.165, 1.54) is 6.42 Å². The molecule has 0 aromatic carbocycles. The van der Waals surface area contributed by atoms with Gasteiger partial charge in [-0.3, -0.25) is 0 Å². The minimum Gasteiger partial charge on any atom is -0.391 e. The Morgan fingerprint density at radius 3 is 3.00 bits per heavy atom. The van der Waals surface area contributed by atoms with E-state index in [-0.39, 0.29) is 12.1 Å². The largest absolute Gasteiger partial charge is 0.391 e. The molecule has 0 aliphatic heterocycles. The Labute approximate surface area is 101 Å². The van der Waals surface area contributed by atoms with E-state index in [0.29, 0.717) is 11.4 Å². The summed E-state index contributed by atoms with van der Waals surface area (Å²) in [5.41, 5.74) is 0.589. The molecule has 2 rings (SSSR count). The molecule has 4 nitrogen and oxygen atoms in total. The Bertz CT molecular complexity index is 413. The third kappa shape index (κ3) is 3.18. The smallest absolute Gasteiger partial charge is 0.127 e. The molecule has 0 bridgehead atoms. The van der Waals surface area contributed by atoms with Gasteiger partial charge in [0.1, 0.15) is 5.82 Å². The van der Waals surface area contributed by atoms with Crippen molar-refractivity contribution in [2.24, 2.45) is 0 Å². The van der Waals surface area contributed by atoms with Gasteiger partial charge in [-0.05, 0) is 25.0 Å². The lowest BCUT2D eigenvalue weighted by molar-refractivity contribution is 0.144. The Morgan fingerprint density at radius 2 is 2.18 bits per heavy atom. The van der Waals surface area contributed by atoms with E-state index in [0.717, 1.165) is 25.7 Å². The van der Waals surface area contributed by atoms with Crippen LogP contribution < -0.4 is 5.32 Å². The van der Waals surface area contributed by atoms with Crippen molar-refractivity contribution >= 4 is 5.82 Å². The van der Waals surface area contributed by atoms with Crippen molar-refractivity contribution in [3.63, 3.8) is 0 Å². The van der Waals surface area contributed by atoms with Crippen LogP contribution in [-0.2, 0) is 0 Å². The highest BCUT2D eigenvalue weighted by Gasteiger charge is 2.21. The molecule has 1 heterocycles. The van der Waals surface area contributed by atoms with E-state index in [2.05, 4.69) is 16.4 Å². The van der Waals surface area contributed by atoms with E-state index in [4.69, 9.17) is 5.26 Å². The predicted molar refractivity (Wildman–Crippen MR) is 65.5 cm³/mol. The highest BCUT2D eigenvalue weighted by atomic mass is 16.3. The van der Waals surface area contributed by atoms with Gasteiger partial charge in [-0.25, -0.2) is 4.98 Å². The standard InChI is InChI=1S/C13H17N3O/c14-9-10-6-7-15-13(8-10)16-11-4-2-1-3-5-12(11)17/h6-8,11-12,17H,1-5H2,(H,15,16). The molecule has 1 aliphatic rings. The van der Waals surface area contributed by atoms with Crippen molar-refractivity contribution in [2.45, 2.75) is 44.2 Å². The van der Waals surface area contributed by atoms with E-state index < -0.39 is 0 Å². The predicted octanol–water partition coefficient (Wildman–Crippen LogP) is 2.06. The second-order valence-corrected chi connectivity index (χ2v) is 4.50. The summed E-state index contributed by atoms with van der Waals surface area (Å²) in [7, 11) is 0. The van der Waals surface area contributed by atoms with Gasteiger partial charge in [0.15, 0.2) is 0 Å². The zero-order chi connectivity index (χ0) is 12.1. The molecule has 0 spiro atoms. The molecule has 1 aliphatic carbocycles. The first-order chi connectivity index (χ1) is 8.29. The number of aliphatic hydroxyl groups excluding tert-OH is 1. The molecule has 2 atom stereocenters. The number of nitrogens with one attached hydrogen (secondary N) is 1. The van der Waals surface area contributed by atoms with Gasteiger partial charge in [-0.2, -0.15) is 5.26 Å². The summed E-state index contributed by atoms with van der Waals surface area (Å²) in [6.45, 7) is 0. The quantitative estimate of drug-likeness (QED) is 0.764. The van der Waals surface area contributed by atoms with E-state index in [9.17, 15) is 5.11 Å². The molecule has 2 N–H and O–H groups in total. The maximum absolute atomic E-state index is 9.98. The lowest BCUT2D eigenvalue weighted by Crippen LogP contribution is -2.32. The van der Waals surface area contributed by atoms with Crippen LogP contribution in [0.5, 0.6) is 0 Å². The number of rotatable bonds is 2. The summed E-state index contributed by atoms with van der Waals surface area (Å²) in [5, 5.41) is 22.0. The summed E-state index contributed by atoms with van der Waals surface area (Å²) in [4.78, 5) is 4.17. The van der Waals surface area contributed by atoms with Crippen molar-refractivity contribution in [2.75, 3.05) is 5.32 Å². The normalized spacial score (nSPS) is 24.7. The second kappa shape index (κ2) is 5.65. The molecule has 1 fully saturated rings. The SMILES string of the molecule is N#Cc1ccnc(NC2CCCCCC2O)c1. The van der Waals surface area contributed by atoms with Crippen LogP contribution in [0.4, 0.5) is 5.82 Å². The van der Waals surface area contributed by atoms with Crippen LogP contribution in [0.3, 0.4) is 0 Å². The second-order valence-electron chi connectivity index (χ2n) is 4.50. The van der Waals surface area contributed by atoms with Crippen LogP contribution in [0, 0.1) is 11.3 Å². The van der Waals surface area contributed by atoms with Gasteiger partial charge in [-0.15, -0.1) is 0 Å². The average molecular weight is 231 g/mol. The summed E-state index contributed by atoms with van der Waals surface area (Å²) < 4.78 is 0. The Hall–Kier alpha value is -1.60. The highest BCUT2D eigenvalue weighted by Crippen LogP contribution is 2.21. The molecule has 0 amide bonds. The van der Waals surface area contributed by atoms with Crippen LogP contribution in [0.1, 0.15) is 37.7 Å². The molecular formula is C13H17N3O. The molecule has 4 heteroatoms. The van der Waals surface area contributed by atoms with Gasteiger partial charge in [0.2, 0.25) is 0 Å². The van der Waals surface area contributed by atoms with Crippen molar-refractivity contribution in [3.05, 3.63) is 23.9 Å². The summed E-state index contributed by atoms with van der Waals surface area (Å²) in [6, 6.07) is 5.54. The third-order valence-electron chi connectivity index (χ3n) is 3.20. The zero-order valence-corrected chi connectivity index (χ0v) is 9.76. The minimum atomic E-state index is -0.315. The van der Waals surface area contributed by atoms with Crippen molar-refractivity contribution in [1.29, 1.82) is 5.26 Å². The Morgan fingerprint density at radius 1 is 1.35 bits per heavy atom. The summed E-state index contributed by atoms with van der Waals surface area (Å²) in [6.07, 6.45) is 6.50. The lowest BCUT2D eigenvalue weighted by Gasteiger charge is -2.22. The molecule has 0 radical (unpaired) electrons. The number of aromatic nitrogens is 1. The van der Waals surface area contributed by atoms with Gasteiger partial charge in [0, 0.05) is 6.20 Å². The van der Waals surface area contributed by atoms with Gasteiger partial charge in [-0.1, -0.05) is 19.3 Å². The lowest BCUT2D eigenvalue weighted by atomic mass is 10.1. The first-order valence-corrected chi connectivity index (χ1v) is 6.10. The number of pyridine rings is 1. The maximum atomic E-state index is 9.98. The van der Waals surface area contributed by atoms with Crippen LogP contribution >= 0.6 is 0 Å². The van der Waals surface area contributed by atoms with Gasteiger partial charge < -0.3 is 10.4 Å². The Balaban J connectivity index is 2.05. The van der Waals surface area contributed by atoms with Crippen LogP contribution in [0.25, 0.3) is 0 Å². The fourth-order valence-electron chi connectivity index (χ4n) is 2.23. The number of anilines is 1. The fraction of sp³-hybridized carbons (Fsp3) is 0.538. The molecule has 1 saturated carbocycles. The van der Waals surface area contributed by atoms with Crippen LogP contribution in [0.15, 0.2) is 18.3 Å². The van der Waals surface area contributed by atoms with Crippen molar-refractivity contribution < 1.29 is 5.11 Å². The average Bonchev–Trinajstić information content (AvgIpc) is 2.55. The fourth-order valence-corrected chi connectivity index (χ4v) is 2.23. The monoisotopic (exact) mass is 231 g/mol. The molecule has 17 heavy (non-hydrogen) atoms. The van der Waals surface area contributed by atoms with Gasteiger partial charge in [0.25, 0.3) is 0 Å². The first kappa shape index (κ1) is 11.9. The first-order valence-electron chi connectivity index (χ1n) is 6.10. The molecule has 1 aromatic heterocycles. The molecule has 1 aromatic rings. The van der Waals surface area contributed by atoms with Crippen LogP contribution in [-0.4, -0.2) is 22.2 Å². The third-order valence-corrected chi connectivity index (χ3v) is 3.20.